The summed E-state index contributed by atoms with van der Waals surface area (Å²) in [7, 11) is 0. The lowest BCUT2D eigenvalue weighted by Gasteiger charge is -2.21. The zero-order valence-electron chi connectivity index (χ0n) is 13.3. The molecule has 2 amide bonds. The first-order valence-corrected chi connectivity index (χ1v) is 8.08. The molecular formula is C16H21N5O3. The predicted molar refractivity (Wildman–Crippen MR) is 88.0 cm³/mol. The summed E-state index contributed by atoms with van der Waals surface area (Å²) in [5, 5.41) is 11.7. The maximum absolute atomic E-state index is 11.4. The predicted octanol–water partition coefficient (Wildman–Crippen LogP) is 1.40. The van der Waals surface area contributed by atoms with E-state index in [-0.39, 0.29) is 6.54 Å². The summed E-state index contributed by atoms with van der Waals surface area (Å²) in [6.07, 6.45) is 7.26. The lowest BCUT2D eigenvalue weighted by molar-refractivity contribution is -0.127. The summed E-state index contributed by atoms with van der Waals surface area (Å²) in [5.41, 5.74) is 8.90. The Labute approximate surface area is 139 Å². The number of hydrogen-bond acceptors (Lipinski definition) is 5. The highest BCUT2D eigenvalue weighted by Gasteiger charge is 2.24. The van der Waals surface area contributed by atoms with Gasteiger partial charge in [0.1, 0.15) is 11.5 Å². The van der Waals surface area contributed by atoms with E-state index in [2.05, 4.69) is 5.32 Å². The second kappa shape index (κ2) is 6.88. The molecule has 0 saturated heterocycles. The van der Waals surface area contributed by atoms with E-state index in [1.54, 1.807) is 28.2 Å². The van der Waals surface area contributed by atoms with Crippen LogP contribution in [-0.4, -0.2) is 33.0 Å². The Morgan fingerprint density at radius 1 is 1.29 bits per heavy atom. The molecule has 128 valence electrons. The topological polar surface area (TPSA) is 122 Å². The monoisotopic (exact) mass is 331 g/mol. The maximum Gasteiger partial charge on any atom is 0.262 e. The number of carbonyl (C=O) groups excluding carboxylic acids is 2. The van der Waals surface area contributed by atoms with E-state index in [4.69, 9.17) is 15.9 Å². The highest BCUT2D eigenvalue weighted by atomic mass is 16.5. The van der Waals surface area contributed by atoms with E-state index in [9.17, 15) is 9.59 Å². The van der Waals surface area contributed by atoms with Gasteiger partial charge in [0.2, 0.25) is 5.91 Å². The molecule has 2 aromatic rings. The fourth-order valence-electron chi connectivity index (χ4n) is 3.25. The molecule has 5 N–H and O–H groups in total. The minimum atomic E-state index is -0.550. The summed E-state index contributed by atoms with van der Waals surface area (Å²) in [5.74, 6) is -0.0894. The van der Waals surface area contributed by atoms with Crippen LogP contribution >= 0.6 is 0 Å². The molecule has 0 spiro atoms. The highest BCUT2D eigenvalue weighted by Crippen LogP contribution is 2.36. The van der Waals surface area contributed by atoms with Crippen LogP contribution in [0, 0.1) is 0 Å². The van der Waals surface area contributed by atoms with Crippen LogP contribution in [0.1, 0.15) is 54.1 Å². The summed E-state index contributed by atoms with van der Waals surface area (Å²) in [4.78, 5) is 27.5. The molecule has 0 aromatic carbocycles. The Kier molecular flexibility index (Phi) is 4.66. The van der Waals surface area contributed by atoms with Gasteiger partial charge in [0.15, 0.2) is 0 Å². The molecule has 1 fully saturated rings. The van der Waals surface area contributed by atoms with E-state index in [0.29, 0.717) is 22.9 Å². The number of nitrogens with zero attached hydrogens (tertiary/aromatic N) is 2. The molecule has 8 nitrogen and oxygen atoms in total. The molecular weight excluding hydrogens is 310 g/mol. The van der Waals surface area contributed by atoms with Gasteiger partial charge in [0.25, 0.3) is 5.91 Å². The second-order valence-corrected chi connectivity index (χ2v) is 6.08. The van der Waals surface area contributed by atoms with Crippen molar-refractivity contribution >= 4 is 23.3 Å². The first-order chi connectivity index (χ1) is 11.6. The number of pyridine rings is 1. The van der Waals surface area contributed by atoms with Gasteiger partial charge in [-0.1, -0.05) is 19.3 Å². The first-order valence-electron chi connectivity index (χ1n) is 8.08. The summed E-state index contributed by atoms with van der Waals surface area (Å²) in [6, 6.07) is 3.38. The minimum Gasteiger partial charge on any atom is -0.366 e. The van der Waals surface area contributed by atoms with Crippen LogP contribution in [-0.2, 0) is 4.79 Å². The fraction of sp³-hybridized carbons (Fsp3) is 0.438. The number of hydrogen-bond donors (Lipinski definition) is 4. The van der Waals surface area contributed by atoms with Gasteiger partial charge in [-0.3, -0.25) is 19.2 Å². The van der Waals surface area contributed by atoms with Crippen LogP contribution in [0.2, 0.25) is 0 Å². The number of anilines is 1. The number of amides is 2. The van der Waals surface area contributed by atoms with Crippen molar-refractivity contribution in [1.82, 2.24) is 14.9 Å². The van der Waals surface area contributed by atoms with Gasteiger partial charge in [-0.2, -0.15) is 0 Å². The molecule has 3 rings (SSSR count). The molecule has 0 unspecified atom stereocenters. The van der Waals surface area contributed by atoms with Crippen LogP contribution in [0.3, 0.4) is 0 Å². The van der Waals surface area contributed by atoms with Crippen molar-refractivity contribution in [2.45, 2.75) is 38.0 Å². The fourth-order valence-corrected chi connectivity index (χ4v) is 3.25. The van der Waals surface area contributed by atoms with Crippen molar-refractivity contribution in [2.75, 3.05) is 11.9 Å². The zero-order valence-corrected chi connectivity index (χ0v) is 13.3. The second-order valence-electron chi connectivity index (χ2n) is 6.08. The normalized spacial score (nSPS) is 15.4. The molecule has 1 saturated carbocycles. The van der Waals surface area contributed by atoms with Crippen LogP contribution in [0.5, 0.6) is 0 Å². The largest absolute Gasteiger partial charge is 0.366 e. The number of fused-ring (bicyclic) bond motifs is 1. The number of carbonyl (C=O) groups is 2. The van der Waals surface area contributed by atoms with Crippen molar-refractivity contribution in [1.29, 1.82) is 0 Å². The van der Waals surface area contributed by atoms with Crippen LogP contribution in [0.4, 0.5) is 5.82 Å². The Balaban J connectivity index is 2.03. The van der Waals surface area contributed by atoms with Crippen molar-refractivity contribution in [3.05, 3.63) is 29.6 Å². The number of primary amides is 1. The average molecular weight is 331 g/mol. The van der Waals surface area contributed by atoms with E-state index >= 15 is 0 Å². The molecule has 2 heterocycles. The Bertz CT molecular complexity index is 764. The number of hydroxylamine groups is 1. The minimum absolute atomic E-state index is 0.0924. The average Bonchev–Trinajstić information content (AvgIpc) is 2.98. The SMILES string of the molecule is NC(=O)c1ccc2nc(C3CCCCC3)c(NCC(=O)NO)n2c1. The standard InChI is InChI=1S/C16H21N5O3/c17-15(23)11-6-7-12-19-14(10-4-2-1-3-5-10)16(21(12)9-11)18-8-13(22)20-24/h6-7,9-10,18,24H,1-5,8H2,(H2,17,23)(H,20,22). The van der Waals surface area contributed by atoms with Gasteiger partial charge in [-0.05, 0) is 25.0 Å². The highest BCUT2D eigenvalue weighted by molar-refractivity contribution is 5.93. The number of nitrogens with two attached hydrogens (primary N) is 1. The van der Waals surface area contributed by atoms with Crippen LogP contribution in [0.15, 0.2) is 18.3 Å². The van der Waals surface area contributed by atoms with E-state index < -0.39 is 11.8 Å². The molecule has 2 aromatic heterocycles. The quantitative estimate of drug-likeness (QED) is 0.487. The van der Waals surface area contributed by atoms with Crippen LogP contribution in [0.25, 0.3) is 5.65 Å². The number of rotatable bonds is 5. The summed E-state index contributed by atoms with van der Waals surface area (Å²) >= 11 is 0. The smallest absolute Gasteiger partial charge is 0.262 e. The first kappa shape index (κ1) is 16.3. The maximum atomic E-state index is 11.4. The van der Waals surface area contributed by atoms with Crippen molar-refractivity contribution in [3.8, 4) is 0 Å². The molecule has 0 radical (unpaired) electrons. The summed E-state index contributed by atoms with van der Waals surface area (Å²) < 4.78 is 1.74. The lowest BCUT2D eigenvalue weighted by Crippen LogP contribution is -2.27. The van der Waals surface area contributed by atoms with Gasteiger partial charge in [0, 0.05) is 12.1 Å². The molecule has 1 aliphatic rings. The third-order valence-corrected chi connectivity index (χ3v) is 4.46. The Hall–Kier alpha value is -2.61. The lowest BCUT2D eigenvalue weighted by atomic mass is 9.87. The Morgan fingerprint density at radius 3 is 2.71 bits per heavy atom. The van der Waals surface area contributed by atoms with Crippen molar-refractivity contribution in [3.63, 3.8) is 0 Å². The third-order valence-electron chi connectivity index (χ3n) is 4.46. The molecule has 0 aliphatic heterocycles. The van der Waals surface area contributed by atoms with Gasteiger partial charge >= 0.3 is 0 Å². The van der Waals surface area contributed by atoms with E-state index in [0.717, 1.165) is 31.4 Å². The molecule has 8 heteroatoms. The molecule has 1 aliphatic carbocycles. The van der Waals surface area contributed by atoms with Crippen LogP contribution < -0.4 is 16.5 Å². The molecule has 24 heavy (non-hydrogen) atoms. The Morgan fingerprint density at radius 2 is 2.04 bits per heavy atom. The van der Waals surface area contributed by atoms with Crippen molar-refractivity contribution in [2.24, 2.45) is 5.73 Å². The van der Waals surface area contributed by atoms with E-state index in [1.807, 2.05) is 0 Å². The zero-order chi connectivity index (χ0) is 17.1. The molecule has 0 atom stereocenters. The number of aromatic nitrogens is 2. The van der Waals surface area contributed by atoms with Gasteiger partial charge in [0.05, 0.1) is 17.8 Å². The number of nitrogens with one attached hydrogen (secondary N) is 2. The van der Waals surface area contributed by atoms with E-state index in [1.165, 1.54) is 6.42 Å². The summed E-state index contributed by atoms with van der Waals surface area (Å²) in [6.45, 7) is -0.0924. The van der Waals surface area contributed by atoms with Gasteiger partial charge in [-0.25, -0.2) is 10.5 Å². The van der Waals surface area contributed by atoms with Gasteiger partial charge in [-0.15, -0.1) is 0 Å². The van der Waals surface area contributed by atoms with Gasteiger partial charge < -0.3 is 11.1 Å². The number of imidazole rings is 1. The third kappa shape index (κ3) is 3.18. The molecule has 0 bridgehead atoms. The van der Waals surface area contributed by atoms with Crippen molar-refractivity contribution < 1.29 is 14.8 Å².